The molecule has 0 aliphatic rings. The minimum absolute atomic E-state index is 0.376. The predicted molar refractivity (Wildman–Crippen MR) is 52.5 cm³/mol. The smallest absolute Gasteiger partial charge is 0.236 e. The van der Waals surface area contributed by atoms with E-state index < -0.39 is 0 Å². The van der Waals surface area contributed by atoms with E-state index in [0.717, 1.165) is 11.3 Å². The maximum absolute atomic E-state index is 7.07. The zero-order valence-corrected chi connectivity index (χ0v) is 8.50. The Bertz CT molecular complexity index is 369. The monoisotopic (exact) mass is 192 g/mol. The average Bonchev–Trinajstić information content (AvgIpc) is 2.20. The van der Waals surface area contributed by atoms with Crippen molar-refractivity contribution < 1.29 is 9.47 Å². The first-order valence-corrected chi connectivity index (χ1v) is 4.13. The molecule has 0 saturated heterocycles. The van der Waals surface area contributed by atoms with Crippen LogP contribution in [0.25, 0.3) is 4.85 Å². The molecular weight excluding hydrogens is 180 g/mol. The molecule has 0 fully saturated rings. The Morgan fingerprint density at radius 1 is 1.50 bits per heavy atom. The van der Waals surface area contributed by atoms with E-state index in [0.29, 0.717) is 18.0 Å². The Morgan fingerprint density at radius 2 is 2.21 bits per heavy atom. The molecule has 0 aromatic carbocycles. The molecular formula is C10H12N2O2. The van der Waals surface area contributed by atoms with Crippen LogP contribution in [0, 0.1) is 13.5 Å². The van der Waals surface area contributed by atoms with Crippen molar-refractivity contribution >= 4 is 5.69 Å². The summed E-state index contributed by atoms with van der Waals surface area (Å²) in [5.74, 6) is 0.537. The zero-order valence-electron chi connectivity index (χ0n) is 8.50. The fourth-order valence-electron chi connectivity index (χ4n) is 1.24. The van der Waals surface area contributed by atoms with E-state index in [9.17, 15) is 0 Å². The van der Waals surface area contributed by atoms with Crippen LogP contribution in [0.5, 0.6) is 5.75 Å². The highest BCUT2D eigenvalue weighted by atomic mass is 16.5. The molecule has 0 amide bonds. The molecule has 0 aliphatic heterocycles. The summed E-state index contributed by atoms with van der Waals surface area (Å²) >= 11 is 0. The highest BCUT2D eigenvalue weighted by Crippen LogP contribution is 2.33. The van der Waals surface area contributed by atoms with Gasteiger partial charge >= 0.3 is 0 Å². The Hall–Kier alpha value is -1.60. The van der Waals surface area contributed by atoms with Gasteiger partial charge in [0.1, 0.15) is 5.75 Å². The largest absolute Gasteiger partial charge is 0.506 e. The Morgan fingerprint density at radius 3 is 2.71 bits per heavy atom. The lowest BCUT2D eigenvalue weighted by molar-refractivity contribution is 0.185. The van der Waals surface area contributed by atoms with Gasteiger partial charge in [0.2, 0.25) is 5.69 Å². The van der Waals surface area contributed by atoms with Gasteiger partial charge < -0.3 is 9.47 Å². The SMILES string of the molecule is [C-]#[N+]c1c(COC)cnc(C)c1OC. The minimum atomic E-state index is 0.376. The molecule has 1 aromatic rings. The van der Waals surface area contributed by atoms with E-state index in [1.165, 1.54) is 7.11 Å². The van der Waals surface area contributed by atoms with Gasteiger partial charge in [-0.15, -0.1) is 0 Å². The predicted octanol–water partition coefficient (Wildman–Crippen LogP) is 2.10. The topological polar surface area (TPSA) is 35.7 Å². The van der Waals surface area contributed by atoms with Gasteiger partial charge in [-0.2, -0.15) is 0 Å². The normalized spacial score (nSPS) is 9.57. The van der Waals surface area contributed by atoms with Gasteiger partial charge in [-0.3, -0.25) is 4.98 Å². The maximum atomic E-state index is 7.07. The molecule has 1 rings (SSSR count). The standard InChI is InChI=1S/C10H12N2O2/c1-7-10(14-4)9(11-2)8(5-12-7)6-13-3/h5H,6H2,1,3-4H3. The summed E-state index contributed by atoms with van der Waals surface area (Å²) < 4.78 is 10.1. The third-order valence-electron chi connectivity index (χ3n) is 1.88. The zero-order chi connectivity index (χ0) is 10.6. The number of hydrogen-bond acceptors (Lipinski definition) is 3. The number of pyridine rings is 1. The first-order chi connectivity index (χ1) is 6.74. The summed E-state index contributed by atoms with van der Waals surface area (Å²) in [5.41, 5.74) is 1.96. The fourth-order valence-corrected chi connectivity index (χ4v) is 1.24. The van der Waals surface area contributed by atoms with Crippen molar-refractivity contribution in [3.63, 3.8) is 0 Å². The number of rotatable bonds is 3. The van der Waals surface area contributed by atoms with Crippen molar-refractivity contribution in [3.8, 4) is 5.75 Å². The number of nitrogens with zero attached hydrogens (tertiary/aromatic N) is 2. The minimum Gasteiger partial charge on any atom is -0.506 e. The lowest BCUT2D eigenvalue weighted by Crippen LogP contribution is -1.96. The quantitative estimate of drug-likeness (QED) is 0.688. The number of aromatic nitrogens is 1. The molecule has 1 heterocycles. The van der Waals surface area contributed by atoms with E-state index in [1.54, 1.807) is 13.3 Å². The van der Waals surface area contributed by atoms with Crippen LogP contribution in [0.2, 0.25) is 0 Å². The Balaban J connectivity index is 3.27. The van der Waals surface area contributed by atoms with Crippen LogP contribution >= 0.6 is 0 Å². The summed E-state index contributed by atoms with van der Waals surface area (Å²) in [6.07, 6.45) is 1.65. The van der Waals surface area contributed by atoms with Gasteiger partial charge in [0.25, 0.3) is 0 Å². The van der Waals surface area contributed by atoms with Crippen LogP contribution < -0.4 is 4.74 Å². The highest BCUT2D eigenvalue weighted by Gasteiger charge is 2.12. The van der Waals surface area contributed by atoms with Gasteiger partial charge in [-0.05, 0) is 6.92 Å². The summed E-state index contributed by atoms with van der Waals surface area (Å²) in [6, 6.07) is 0. The number of aryl methyl sites for hydroxylation is 1. The van der Waals surface area contributed by atoms with Crippen LogP contribution in [0.4, 0.5) is 5.69 Å². The third-order valence-corrected chi connectivity index (χ3v) is 1.88. The molecule has 4 nitrogen and oxygen atoms in total. The van der Waals surface area contributed by atoms with E-state index in [4.69, 9.17) is 16.0 Å². The molecule has 0 bridgehead atoms. The Labute approximate surface area is 83.3 Å². The van der Waals surface area contributed by atoms with Gasteiger partial charge in [-0.1, -0.05) is 0 Å². The molecule has 0 spiro atoms. The molecule has 0 aliphatic carbocycles. The Kier molecular flexibility index (Phi) is 3.43. The first kappa shape index (κ1) is 10.5. The fraction of sp³-hybridized carbons (Fsp3) is 0.400. The first-order valence-electron chi connectivity index (χ1n) is 4.13. The van der Waals surface area contributed by atoms with Gasteiger partial charge in [0, 0.05) is 18.9 Å². The summed E-state index contributed by atoms with van der Waals surface area (Å²) in [7, 11) is 3.12. The maximum Gasteiger partial charge on any atom is 0.236 e. The van der Waals surface area contributed by atoms with E-state index in [1.807, 2.05) is 6.92 Å². The lowest BCUT2D eigenvalue weighted by Gasteiger charge is -2.09. The molecule has 0 saturated carbocycles. The van der Waals surface area contributed by atoms with Crippen molar-refractivity contribution in [2.75, 3.05) is 14.2 Å². The second-order valence-corrected chi connectivity index (χ2v) is 2.80. The molecule has 0 radical (unpaired) electrons. The molecule has 0 N–H and O–H groups in total. The van der Waals surface area contributed by atoms with E-state index in [2.05, 4.69) is 9.83 Å². The van der Waals surface area contributed by atoms with Gasteiger partial charge in [0.15, 0.2) is 0 Å². The van der Waals surface area contributed by atoms with Crippen LogP contribution in [0.1, 0.15) is 11.3 Å². The van der Waals surface area contributed by atoms with Crippen molar-refractivity contribution in [3.05, 3.63) is 28.9 Å². The molecule has 1 aromatic heterocycles. The molecule has 0 unspecified atom stereocenters. The third kappa shape index (κ3) is 1.83. The second kappa shape index (κ2) is 4.58. The van der Waals surface area contributed by atoms with Gasteiger partial charge in [0.05, 0.1) is 26.0 Å². The summed E-state index contributed by atoms with van der Waals surface area (Å²) in [4.78, 5) is 7.55. The molecule has 0 atom stereocenters. The van der Waals surface area contributed by atoms with E-state index in [-0.39, 0.29) is 0 Å². The van der Waals surface area contributed by atoms with Crippen molar-refractivity contribution in [2.24, 2.45) is 0 Å². The molecule has 4 heteroatoms. The van der Waals surface area contributed by atoms with Crippen molar-refractivity contribution in [1.82, 2.24) is 4.98 Å². The summed E-state index contributed by atoms with van der Waals surface area (Å²) in [6.45, 7) is 9.25. The number of methoxy groups -OCH3 is 2. The molecule has 74 valence electrons. The van der Waals surface area contributed by atoms with Crippen molar-refractivity contribution in [1.29, 1.82) is 0 Å². The average molecular weight is 192 g/mol. The van der Waals surface area contributed by atoms with Crippen LogP contribution in [0.3, 0.4) is 0 Å². The molecule has 14 heavy (non-hydrogen) atoms. The number of hydrogen-bond donors (Lipinski definition) is 0. The van der Waals surface area contributed by atoms with E-state index >= 15 is 0 Å². The summed E-state index contributed by atoms with van der Waals surface area (Å²) in [5, 5.41) is 0. The number of ether oxygens (including phenoxy) is 2. The van der Waals surface area contributed by atoms with Gasteiger partial charge in [-0.25, -0.2) is 4.85 Å². The van der Waals surface area contributed by atoms with Crippen LogP contribution in [-0.4, -0.2) is 19.2 Å². The second-order valence-electron chi connectivity index (χ2n) is 2.80. The van der Waals surface area contributed by atoms with Crippen LogP contribution in [0.15, 0.2) is 6.20 Å². The highest BCUT2D eigenvalue weighted by molar-refractivity contribution is 5.63. The van der Waals surface area contributed by atoms with Crippen molar-refractivity contribution in [2.45, 2.75) is 13.5 Å². The van der Waals surface area contributed by atoms with Crippen LogP contribution in [-0.2, 0) is 11.3 Å². The lowest BCUT2D eigenvalue weighted by atomic mass is 10.2.